The number of hydrogen-bond donors (Lipinski definition) is 1. The first-order valence-corrected chi connectivity index (χ1v) is 2.58. The topological polar surface area (TPSA) is 0 Å². The number of thiol groups is 1. The van der Waals surface area contributed by atoms with Crippen LogP contribution in [-0.4, -0.2) is 51.4 Å². The summed E-state index contributed by atoms with van der Waals surface area (Å²) in [7, 11) is 0. The summed E-state index contributed by atoms with van der Waals surface area (Å²) >= 11 is 4.08. The Labute approximate surface area is 97.5 Å². The largest absolute Gasteiger partial charge is 0.143 e. The molecule has 0 saturated carbocycles. The van der Waals surface area contributed by atoms with Gasteiger partial charge in [0.05, 0.1) is 0 Å². The minimum Gasteiger partial charge on any atom is -0.143 e. The Morgan fingerprint density at radius 2 is 1.50 bits per heavy atom. The van der Waals surface area contributed by atoms with Crippen LogP contribution in [0.5, 0.6) is 0 Å². The third kappa shape index (κ3) is 3.28. The molecule has 0 bridgehead atoms. The fourth-order valence-corrected chi connectivity index (χ4v) is 0.600. The molecule has 0 atom stereocenters. The van der Waals surface area contributed by atoms with Crippen molar-refractivity contribution in [3.8, 4) is 0 Å². The predicted molar refractivity (Wildman–Crippen MR) is 39.4 cm³/mol. The van der Waals surface area contributed by atoms with Crippen LogP contribution in [0.15, 0.2) is 35.2 Å². The molecule has 0 saturated heterocycles. The SMILES string of the molecule is Sc1ccccc1.[K]. The van der Waals surface area contributed by atoms with Crippen molar-refractivity contribution in [2.45, 2.75) is 4.90 Å². The van der Waals surface area contributed by atoms with E-state index in [1.165, 1.54) is 0 Å². The Bertz CT molecular complexity index is 138. The fourth-order valence-electron chi connectivity index (χ4n) is 0.428. The van der Waals surface area contributed by atoms with Crippen molar-refractivity contribution in [1.29, 1.82) is 0 Å². The standard InChI is InChI=1S/C6H6S.K/c7-6-4-2-1-3-5-6;/h1-5,7H;. The van der Waals surface area contributed by atoms with Gasteiger partial charge in [0, 0.05) is 56.3 Å². The van der Waals surface area contributed by atoms with Crippen LogP contribution in [-0.2, 0) is 0 Å². The van der Waals surface area contributed by atoms with Gasteiger partial charge in [-0.05, 0) is 12.1 Å². The van der Waals surface area contributed by atoms with E-state index in [0.717, 1.165) is 4.90 Å². The van der Waals surface area contributed by atoms with Crippen LogP contribution >= 0.6 is 12.6 Å². The van der Waals surface area contributed by atoms with Gasteiger partial charge in [-0.3, -0.25) is 0 Å². The van der Waals surface area contributed by atoms with Crippen molar-refractivity contribution in [2.24, 2.45) is 0 Å². The first-order chi connectivity index (χ1) is 3.39. The maximum atomic E-state index is 4.08. The van der Waals surface area contributed by atoms with Gasteiger partial charge in [-0.25, -0.2) is 0 Å². The summed E-state index contributed by atoms with van der Waals surface area (Å²) in [6.07, 6.45) is 0. The van der Waals surface area contributed by atoms with Crippen molar-refractivity contribution in [3.63, 3.8) is 0 Å². The molecule has 0 aliphatic heterocycles. The van der Waals surface area contributed by atoms with Crippen LogP contribution in [0, 0.1) is 0 Å². The van der Waals surface area contributed by atoms with E-state index >= 15 is 0 Å². The molecular formula is C6H6KS. The monoisotopic (exact) mass is 149 g/mol. The van der Waals surface area contributed by atoms with Crippen LogP contribution in [0.4, 0.5) is 0 Å². The number of rotatable bonds is 0. The van der Waals surface area contributed by atoms with Gasteiger partial charge >= 0.3 is 0 Å². The summed E-state index contributed by atoms with van der Waals surface area (Å²) in [5, 5.41) is 0. The Hall–Kier alpha value is 1.21. The zero-order valence-corrected chi connectivity index (χ0v) is 8.85. The smallest absolute Gasteiger partial charge is 0.00399 e. The van der Waals surface area contributed by atoms with Gasteiger partial charge in [-0.15, -0.1) is 12.6 Å². The number of benzene rings is 1. The van der Waals surface area contributed by atoms with Crippen molar-refractivity contribution < 1.29 is 0 Å². The zero-order valence-electron chi connectivity index (χ0n) is 4.83. The molecule has 1 aromatic rings. The average molecular weight is 149 g/mol. The van der Waals surface area contributed by atoms with E-state index in [9.17, 15) is 0 Å². The van der Waals surface area contributed by atoms with Crippen LogP contribution in [0.1, 0.15) is 0 Å². The Balaban J connectivity index is 0.000000490. The molecule has 37 valence electrons. The molecule has 0 aliphatic carbocycles. The third-order valence-electron chi connectivity index (χ3n) is 0.756. The summed E-state index contributed by atoms with van der Waals surface area (Å²) in [5.41, 5.74) is 0. The summed E-state index contributed by atoms with van der Waals surface area (Å²) in [4.78, 5) is 1.02. The average Bonchev–Trinajstić information content (AvgIpc) is 1.69. The van der Waals surface area contributed by atoms with E-state index in [-0.39, 0.29) is 51.4 Å². The van der Waals surface area contributed by atoms with Gasteiger partial charge in [0.2, 0.25) is 0 Å². The fraction of sp³-hybridized carbons (Fsp3) is 0. The van der Waals surface area contributed by atoms with Crippen molar-refractivity contribution in [2.75, 3.05) is 0 Å². The van der Waals surface area contributed by atoms with Gasteiger partial charge < -0.3 is 0 Å². The molecule has 0 nitrogen and oxygen atoms in total. The maximum Gasteiger partial charge on any atom is 0.00399 e. The summed E-state index contributed by atoms with van der Waals surface area (Å²) in [6.45, 7) is 0. The quantitative estimate of drug-likeness (QED) is 0.420. The summed E-state index contributed by atoms with van der Waals surface area (Å²) < 4.78 is 0. The van der Waals surface area contributed by atoms with Gasteiger partial charge in [-0.1, -0.05) is 18.2 Å². The van der Waals surface area contributed by atoms with E-state index in [4.69, 9.17) is 0 Å². The molecule has 2 heteroatoms. The van der Waals surface area contributed by atoms with Crippen LogP contribution in [0.3, 0.4) is 0 Å². The summed E-state index contributed by atoms with van der Waals surface area (Å²) in [6, 6.07) is 9.79. The van der Waals surface area contributed by atoms with E-state index < -0.39 is 0 Å². The van der Waals surface area contributed by atoms with E-state index in [1.54, 1.807) is 0 Å². The molecule has 8 heavy (non-hydrogen) atoms. The minimum atomic E-state index is 0. The van der Waals surface area contributed by atoms with Crippen LogP contribution in [0.25, 0.3) is 0 Å². The van der Waals surface area contributed by atoms with Crippen molar-refractivity contribution in [3.05, 3.63) is 30.3 Å². The zero-order chi connectivity index (χ0) is 5.11. The third-order valence-corrected chi connectivity index (χ3v) is 1.05. The van der Waals surface area contributed by atoms with E-state index in [1.807, 2.05) is 30.3 Å². The molecule has 0 aromatic heterocycles. The molecule has 0 fully saturated rings. The Morgan fingerprint density at radius 3 is 1.75 bits per heavy atom. The number of hydrogen-bond acceptors (Lipinski definition) is 1. The summed E-state index contributed by atoms with van der Waals surface area (Å²) in [5.74, 6) is 0. The van der Waals surface area contributed by atoms with Crippen molar-refractivity contribution >= 4 is 64.0 Å². The van der Waals surface area contributed by atoms with Gasteiger partial charge in [-0.2, -0.15) is 0 Å². The van der Waals surface area contributed by atoms with E-state index in [2.05, 4.69) is 12.6 Å². The molecule has 0 unspecified atom stereocenters. The second-order valence-corrected chi connectivity index (χ2v) is 1.85. The molecule has 0 heterocycles. The Kier molecular flexibility index (Phi) is 5.79. The molecule has 0 N–H and O–H groups in total. The van der Waals surface area contributed by atoms with Crippen LogP contribution in [0.2, 0.25) is 0 Å². The molecule has 0 spiro atoms. The van der Waals surface area contributed by atoms with Gasteiger partial charge in [0.15, 0.2) is 0 Å². The first kappa shape index (κ1) is 9.21. The molecule has 0 amide bonds. The normalized spacial score (nSPS) is 7.62. The molecule has 1 aromatic carbocycles. The minimum absolute atomic E-state index is 0. The maximum absolute atomic E-state index is 4.08. The second-order valence-electron chi connectivity index (χ2n) is 1.34. The molecule has 1 rings (SSSR count). The van der Waals surface area contributed by atoms with Crippen molar-refractivity contribution in [1.82, 2.24) is 0 Å². The van der Waals surface area contributed by atoms with Crippen LogP contribution < -0.4 is 0 Å². The van der Waals surface area contributed by atoms with Gasteiger partial charge in [0.25, 0.3) is 0 Å². The predicted octanol–water partition coefficient (Wildman–Crippen LogP) is 1.59. The molecular weight excluding hydrogens is 143 g/mol. The first-order valence-electron chi connectivity index (χ1n) is 2.13. The Morgan fingerprint density at radius 1 is 1.00 bits per heavy atom. The van der Waals surface area contributed by atoms with Gasteiger partial charge in [0.1, 0.15) is 0 Å². The second kappa shape index (κ2) is 5.03. The molecule has 0 aliphatic rings. The molecule has 1 radical (unpaired) electrons. The van der Waals surface area contributed by atoms with E-state index in [0.29, 0.717) is 0 Å².